The summed E-state index contributed by atoms with van der Waals surface area (Å²) in [4.78, 5) is 11.9. The molecule has 23 heavy (non-hydrogen) atoms. The maximum Gasteiger partial charge on any atom is 0.271 e. The standard InChI is InChI=1S/C15H11BrCl2N2O3/c1-23-13-5-8(4-10(16)14(13)21)7-19-20-15(22)9-2-3-11(17)12(18)6-9/h2-7,21H,1H3,(H,20,22). The van der Waals surface area contributed by atoms with Crippen LogP contribution in [-0.4, -0.2) is 24.3 Å². The van der Waals surface area contributed by atoms with Gasteiger partial charge < -0.3 is 9.84 Å². The van der Waals surface area contributed by atoms with Crippen molar-refractivity contribution in [1.29, 1.82) is 0 Å². The normalized spacial score (nSPS) is 10.8. The van der Waals surface area contributed by atoms with Crippen LogP contribution in [0.4, 0.5) is 0 Å². The molecule has 0 atom stereocenters. The summed E-state index contributed by atoms with van der Waals surface area (Å²) in [6.45, 7) is 0. The number of phenols is 1. The van der Waals surface area contributed by atoms with E-state index in [9.17, 15) is 9.90 Å². The lowest BCUT2D eigenvalue weighted by atomic mass is 10.2. The third kappa shape index (κ3) is 4.37. The maximum absolute atomic E-state index is 11.9. The van der Waals surface area contributed by atoms with Crippen molar-refractivity contribution in [1.82, 2.24) is 5.43 Å². The van der Waals surface area contributed by atoms with Gasteiger partial charge in [-0.1, -0.05) is 23.2 Å². The molecule has 0 aliphatic heterocycles. The zero-order chi connectivity index (χ0) is 17.0. The van der Waals surface area contributed by atoms with Gasteiger partial charge in [0, 0.05) is 5.56 Å². The summed E-state index contributed by atoms with van der Waals surface area (Å²) in [5, 5.41) is 14.2. The number of benzene rings is 2. The van der Waals surface area contributed by atoms with Crippen molar-refractivity contribution in [2.24, 2.45) is 5.10 Å². The molecule has 1 amide bonds. The molecule has 0 saturated carbocycles. The average molecular weight is 418 g/mol. The number of rotatable bonds is 4. The quantitative estimate of drug-likeness (QED) is 0.577. The Kier molecular flexibility index (Phi) is 5.87. The number of nitrogens with zero attached hydrogens (tertiary/aromatic N) is 1. The Morgan fingerprint density at radius 3 is 2.70 bits per heavy atom. The minimum absolute atomic E-state index is 0.00973. The molecule has 8 heteroatoms. The lowest BCUT2D eigenvalue weighted by Crippen LogP contribution is -2.17. The highest BCUT2D eigenvalue weighted by Crippen LogP contribution is 2.34. The fourth-order valence-corrected chi connectivity index (χ4v) is 2.45. The van der Waals surface area contributed by atoms with Crippen LogP contribution in [0.15, 0.2) is 39.9 Å². The number of hydrogen-bond donors (Lipinski definition) is 2. The van der Waals surface area contributed by atoms with Crippen molar-refractivity contribution in [3.63, 3.8) is 0 Å². The minimum Gasteiger partial charge on any atom is -0.503 e. The molecular formula is C15H11BrCl2N2O3. The van der Waals surface area contributed by atoms with Gasteiger partial charge in [-0.15, -0.1) is 0 Å². The predicted molar refractivity (Wildman–Crippen MR) is 93.9 cm³/mol. The summed E-state index contributed by atoms with van der Waals surface area (Å²) in [7, 11) is 1.44. The van der Waals surface area contributed by atoms with E-state index in [1.807, 2.05) is 0 Å². The van der Waals surface area contributed by atoms with Crippen LogP contribution in [0.3, 0.4) is 0 Å². The molecule has 0 unspecified atom stereocenters. The molecule has 0 bridgehead atoms. The molecule has 0 aliphatic carbocycles. The predicted octanol–water partition coefficient (Wildman–Crippen LogP) is 4.23. The van der Waals surface area contributed by atoms with Crippen molar-refractivity contribution in [3.05, 3.63) is 56.0 Å². The molecule has 0 aliphatic rings. The summed E-state index contributed by atoms with van der Waals surface area (Å²) >= 11 is 14.9. The van der Waals surface area contributed by atoms with Crippen LogP contribution in [-0.2, 0) is 0 Å². The van der Waals surface area contributed by atoms with Gasteiger partial charge in [-0.2, -0.15) is 5.10 Å². The van der Waals surface area contributed by atoms with Gasteiger partial charge in [-0.3, -0.25) is 4.79 Å². The Morgan fingerprint density at radius 2 is 2.04 bits per heavy atom. The van der Waals surface area contributed by atoms with Gasteiger partial charge in [0.2, 0.25) is 0 Å². The number of amides is 1. The van der Waals surface area contributed by atoms with E-state index in [0.717, 1.165) is 0 Å². The first kappa shape index (κ1) is 17.6. The first-order chi connectivity index (χ1) is 10.9. The number of nitrogens with one attached hydrogen (secondary N) is 1. The molecular weight excluding hydrogens is 407 g/mol. The fourth-order valence-electron chi connectivity index (χ4n) is 1.69. The van der Waals surface area contributed by atoms with E-state index in [2.05, 4.69) is 26.5 Å². The number of hydrogen-bond acceptors (Lipinski definition) is 4. The van der Waals surface area contributed by atoms with Crippen LogP contribution in [0.5, 0.6) is 11.5 Å². The third-order valence-electron chi connectivity index (χ3n) is 2.83. The second-order valence-electron chi connectivity index (χ2n) is 4.38. The molecule has 0 saturated heterocycles. The van der Waals surface area contributed by atoms with Crippen LogP contribution in [0.1, 0.15) is 15.9 Å². The van der Waals surface area contributed by atoms with Gasteiger partial charge in [-0.25, -0.2) is 5.43 Å². The Bertz CT molecular complexity index is 782. The van der Waals surface area contributed by atoms with Gasteiger partial charge in [0.05, 0.1) is 27.8 Å². The fraction of sp³-hybridized carbons (Fsp3) is 0.0667. The number of ether oxygens (including phenoxy) is 1. The summed E-state index contributed by atoms with van der Waals surface area (Å²) in [6, 6.07) is 7.74. The summed E-state index contributed by atoms with van der Waals surface area (Å²) in [6.07, 6.45) is 1.42. The summed E-state index contributed by atoms with van der Waals surface area (Å²) < 4.78 is 5.48. The number of carbonyl (C=O) groups is 1. The Balaban J connectivity index is 2.10. The minimum atomic E-state index is -0.426. The number of methoxy groups -OCH3 is 1. The van der Waals surface area contributed by atoms with Gasteiger partial charge in [0.15, 0.2) is 11.5 Å². The number of phenolic OH excluding ortho intramolecular Hbond substituents is 1. The van der Waals surface area contributed by atoms with Crippen molar-refractivity contribution in [2.75, 3.05) is 7.11 Å². The Hall–Kier alpha value is -1.76. The first-order valence-corrected chi connectivity index (χ1v) is 7.82. The highest BCUT2D eigenvalue weighted by atomic mass is 79.9. The zero-order valence-electron chi connectivity index (χ0n) is 11.8. The van der Waals surface area contributed by atoms with Crippen LogP contribution in [0.25, 0.3) is 0 Å². The highest BCUT2D eigenvalue weighted by molar-refractivity contribution is 9.10. The van der Waals surface area contributed by atoms with Crippen molar-refractivity contribution in [2.45, 2.75) is 0 Å². The van der Waals surface area contributed by atoms with Gasteiger partial charge >= 0.3 is 0 Å². The largest absolute Gasteiger partial charge is 0.503 e. The molecule has 120 valence electrons. The molecule has 0 fully saturated rings. The smallest absolute Gasteiger partial charge is 0.271 e. The summed E-state index contributed by atoms with van der Waals surface area (Å²) in [5.74, 6) is -0.147. The van der Waals surface area contributed by atoms with E-state index in [-0.39, 0.29) is 16.5 Å². The van der Waals surface area contributed by atoms with Gasteiger partial charge in [0.1, 0.15) is 0 Å². The number of hydrazone groups is 1. The van der Waals surface area contributed by atoms with E-state index in [1.54, 1.807) is 18.2 Å². The van der Waals surface area contributed by atoms with Crippen LogP contribution < -0.4 is 10.2 Å². The average Bonchev–Trinajstić information content (AvgIpc) is 2.53. The third-order valence-corrected chi connectivity index (χ3v) is 4.18. The second-order valence-corrected chi connectivity index (χ2v) is 6.05. The molecule has 0 aromatic heterocycles. The van der Waals surface area contributed by atoms with E-state index in [0.29, 0.717) is 20.6 Å². The SMILES string of the molecule is COc1cc(C=NNC(=O)c2ccc(Cl)c(Cl)c2)cc(Br)c1O. The maximum atomic E-state index is 11.9. The molecule has 0 heterocycles. The lowest BCUT2D eigenvalue weighted by molar-refractivity contribution is 0.0955. The number of halogens is 3. The van der Waals surface area contributed by atoms with Crippen molar-refractivity contribution in [3.8, 4) is 11.5 Å². The monoisotopic (exact) mass is 416 g/mol. The number of aromatic hydroxyl groups is 1. The van der Waals surface area contributed by atoms with Crippen LogP contribution >= 0.6 is 39.1 Å². The first-order valence-electron chi connectivity index (χ1n) is 6.27. The van der Waals surface area contributed by atoms with E-state index in [4.69, 9.17) is 27.9 Å². The van der Waals surface area contributed by atoms with E-state index < -0.39 is 5.91 Å². The molecule has 0 radical (unpaired) electrons. The number of carbonyl (C=O) groups excluding carboxylic acids is 1. The topological polar surface area (TPSA) is 70.9 Å². The molecule has 2 aromatic carbocycles. The molecule has 2 rings (SSSR count). The molecule has 0 spiro atoms. The molecule has 5 nitrogen and oxygen atoms in total. The summed E-state index contributed by atoms with van der Waals surface area (Å²) in [5.41, 5.74) is 3.34. The van der Waals surface area contributed by atoms with Crippen LogP contribution in [0.2, 0.25) is 10.0 Å². The molecule has 2 aromatic rings. The molecule has 2 N–H and O–H groups in total. The van der Waals surface area contributed by atoms with Gasteiger partial charge in [-0.05, 0) is 51.8 Å². The second kappa shape index (κ2) is 7.68. The Labute approximate surface area is 151 Å². The lowest BCUT2D eigenvalue weighted by Gasteiger charge is -2.06. The van der Waals surface area contributed by atoms with Crippen LogP contribution in [0, 0.1) is 0 Å². The van der Waals surface area contributed by atoms with Crippen molar-refractivity contribution < 1.29 is 14.6 Å². The zero-order valence-corrected chi connectivity index (χ0v) is 14.9. The van der Waals surface area contributed by atoms with Gasteiger partial charge in [0.25, 0.3) is 5.91 Å². The highest BCUT2D eigenvalue weighted by Gasteiger charge is 2.09. The van der Waals surface area contributed by atoms with Crippen molar-refractivity contribution >= 4 is 51.3 Å². The Morgan fingerprint density at radius 1 is 1.30 bits per heavy atom. The van der Waals surface area contributed by atoms with E-state index >= 15 is 0 Å². The van der Waals surface area contributed by atoms with E-state index in [1.165, 1.54) is 25.5 Å².